The molecule has 1 aliphatic rings. The lowest BCUT2D eigenvalue weighted by atomic mass is 10.1. The minimum Gasteiger partial charge on any atom is -0.501 e. The van der Waals surface area contributed by atoms with Gasteiger partial charge in [-0.05, 0) is 6.92 Å². The maximum absolute atomic E-state index is 10.9. The van der Waals surface area contributed by atoms with Gasteiger partial charge in [-0.15, -0.1) is 0 Å². The Bertz CT molecular complexity index is 265. The molecule has 12 heavy (non-hydrogen) atoms. The van der Waals surface area contributed by atoms with Gasteiger partial charge in [0.05, 0.1) is 7.11 Å². The van der Waals surface area contributed by atoms with E-state index in [9.17, 15) is 9.59 Å². The lowest BCUT2D eigenvalue weighted by Crippen LogP contribution is -2.14. The van der Waals surface area contributed by atoms with Crippen LogP contribution in [0.2, 0.25) is 0 Å². The van der Waals surface area contributed by atoms with Crippen LogP contribution in [0.25, 0.3) is 0 Å². The molecule has 1 heterocycles. The van der Waals surface area contributed by atoms with Crippen LogP contribution in [-0.4, -0.2) is 30.3 Å². The third kappa shape index (κ3) is 1.13. The monoisotopic (exact) mass is 172 g/mol. The molecule has 1 atom stereocenters. The summed E-state index contributed by atoms with van der Waals surface area (Å²) in [5.74, 6) is -2.29. The van der Waals surface area contributed by atoms with Crippen molar-refractivity contribution in [2.45, 2.75) is 13.0 Å². The molecule has 0 aromatic heterocycles. The molecule has 0 radical (unpaired) electrons. The van der Waals surface area contributed by atoms with Crippen LogP contribution in [0.5, 0.6) is 0 Å². The molecule has 5 nitrogen and oxygen atoms in total. The Labute approximate surface area is 68.6 Å². The fourth-order valence-corrected chi connectivity index (χ4v) is 0.950. The Hall–Kier alpha value is -1.52. The molecule has 1 aliphatic heterocycles. The maximum atomic E-state index is 10.9. The van der Waals surface area contributed by atoms with E-state index >= 15 is 0 Å². The zero-order valence-corrected chi connectivity index (χ0v) is 6.66. The number of methoxy groups -OCH3 is 1. The van der Waals surface area contributed by atoms with E-state index < -0.39 is 23.8 Å². The number of hydrogen-bond donors (Lipinski definition) is 1. The smallest absolute Gasteiger partial charge is 0.374 e. The molecule has 5 heteroatoms. The Balaban J connectivity index is 3.00. The first-order valence-electron chi connectivity index (χ1n) is 3.30. The summed E-state index contributed by atoms with van der Waals surface area (Å²) in [7, 11) is 1.16. The van der Waals surface area contributed by atoms with Crippen LogP contribution in [0.15, 0.2) is 11.3 Å². The predicted molar refractivity (Wildman–Crippen MR) is 37.2 cm³/mol. The van der Waals surface area contributed by atoms with Crippen LogP contribution in [0.3, 0.4) is 0 Å². The summed E-state index contributed by atoms with van der Waals surface area (Å²) in [6, 6.07) is 0. The van der Waals surface area contributed by atoms with Gasteiger partial charge in [-0.1, -0.05) is 0 Å². The molecule has 1 rings (SSSR count). The third-order valence-electron chi connectivity index (χ3n) is 1.54. The second-order valence-electron chi connectivity index (χ2n) is 2.30. The number of esters is 2. The largest absolute Gasteiger partial charge is 0.501 e. The summed E-state index contributed by atoms with van der Waals surface area (Å²) in [6.07, 6.45) is -0.732. The van der Waals surface area contributed by atoms with Crippen LogP contribution in [-0.2, 0) is 19.1 Å². The van der Waals surface area contributed by atoms with E-state index in [2.05, 4.69) is 9.47 Å². The summed E-state index contributed by atoms with van der Waals surface area (Å²) >= 11 is 0. The first-order chi connectivity index (χ1) is 5.57. The molecule has 0 fully saturated rings. The number of ether oxygens (including phenoxy) is 2. The summed E-state index contributed by atoms with van der Waals surface area (Å²) in [5.41, 5.74) is -0.123. The molecule has 0 spiro atoms. The van der Waals surface area contributed by atoms with Crippen LogP contribution < -0.4 is 0 Å². The Morgan fingerprint density at radius 3 is 2.58 bits per heavy atom. The normalized spacial score (nSPS) is 22.5. The Morgan fingerprint density at radius 2 is 2.25 bits per heavy atom. The van der Waals surface area contributed by atoms with E-state index in [1.54, 1.807) is 0 Å². The van der Waals surface area contributed by atoms with Gasteiger partial charge in [0.2, 0.25) is 5.76 Å². The molecule has 0 amide bonds. The lowest BCUT2D eigenvalue weighted by Gasteiger charge is -2.04. The average molecular weight is 172 g/mol. The van der Waals surface area contributed by atoms with Gasteiger partial charge < -0.3 is 14.6 Å². The number of carbonyl (C=O) groups is 2. The second kappa shape index (κ2) is 2.84. The molecule has 0 unspecified atom stereocenters. The van der Waals surface area contributed by atoms with Crippen molar-refractivity contribution < 1.29 is 24.2 Å². The number of rotatable bonds is 1. The minimum absolute atomic E-state index is 0.123. The second-order valence-corrected chi connectivity index (χ2v) is 2.30. The van der Waals surface area contributed by atoms with E-state index in [4.69, 9.17) is 5.11 Å². The fraction of sp³-hybridized carbons (Fsp3) is 0.429. The summed E-state index contributed by atoms with van der Waals surface area (Å²) in [5, 5.41) is 9.03. The van der Waals surface area contributed by atoms with Crippen molar-refractivity contribution >= 4 is 11.9 Å². The number of aliphatic hydroxyl groups excluding tert-OH is 1. The molecule has 0 saturated heterocycles. The van der Waals surface area contributed by atoms with Gasteiger partial charge in [-0.2, -0.15) is 0 Å². The zero-order chi connectivity index (χ0) is 9.30. The highest BCUT2D eigenvalue weighted by Crippen LogP contribution is 2.21. The molecule has 66 valence electrons. The van der Waals surface area contributed by atoms with Crippen LogP contribution >= 0.6 is 0 Å². The van der Waals surface area contributed by atoms with Gasteiger partial charge >= 0.3 is 11.9 Å². The third-order valence-corrected chi connectivity index (χ3v) is 1.54. The van der Waals surface area contributed by atoms with Crippen LogP contribution in [0.4, 0.5) is 0 Å². The molecular formula is C7H8O5. The van der Waals surface area contributed by atoms with E-state index in [1.165, 1.54) is 6.92 Å². The summed E-state index contributed by atoms with van der Waals surface area (Å²) in [4.78, 5) is 21.6. The van der Waals surface area contributed by atoms with Gasteiger partial charge in [-0.3, -0.25) is 0 Å². The van der Waals surface area contributed by atoms with Gasteiger partial charge in [0.1, 0.15) is 11.7 Å². The standard InChI is InChI=1S/C7H8O5/c1-3-4(6(9)11-2)5(8)7(10)12-3/h3,8H,1-2H3/t3-/m0/s1. The van der Waals surface area contributed by atoms with Crippen molar-refractivity contribution in [1.82, 2.24) is 0 Å². The topological polar surface area (TPSA) is 72.8 Å². The highest BCUT2D eigenvalue weighted by atomic mass is 16.6. The van der Waals surface area contributed by atoms with E-state index in [0.29, 0.717) is 0 Å². The van der Waals surface area contributed by atoms with Crippen molar-refractivity contribution in [3.05, 3.63) is 11.3 Å². The molecule has 0 bridgehead atoms. The van der Waals surface area contributed by atoms with Gasteiger partial charge in [0, 0.05) is 0 Å². The highest BCUT2D eigenvalue weighted by molar-refractivity contribution is 6.02. The Kier molecular flexibility index (Phi) is 2.03. The number of aliphatic hydroxyl groups is 1. The maximum Gasteiger partial charge on any atom is 0.374 e. The molecule has 0 aliphatic carbocycles. The molecular weight excluding hydrogens is 164 g/mol. The number of hydrogen-bond acceptors (Lipinski definition) is 5. The number of carbonyl (C=O) groups excluding carboxylic acids is 2. The molecule has 0 aromatic rings. The lowest BCUT2D eigenvalue weighted by molar-refractivity contribution is -0.142. The quantitative estimate of drug-likeness (QED) is 0.560. The Morgan fingerprint density at radius 1 is 1.67 bits per heavy atom. The van der Waals surface area contributed by atoms with Gasteiger partial charge in [0.25, 0.3) is 0 Å². The van der Waals surface area contributed by atoms with Crippen molar-refractivity contribution in [1.29, 1.82) is 0 Å². The molecule has 0 aromatic carbocycles. The van der Waals surface area contributed by atoms with Crippen LogP contribution in [0, 0.1) is 0 Å². The van der Waals surface area contributed by atoms with E-state index in [1.807, 2.05) is 0 Å². The van der Waals surface area contributed by atoms with Gasteiger partial charge in [0.15, 0.2) is 0 Å². The van der Waals surface area contributed by atoms with E-state index in [0.717, 1.165) is 7.11 Å². The first-order valence-corrected chi connectivity index (χ1v) is 3.30. The van der Waals surface area contributed by atoms with Crippen molar-refractivity contribution in [2.75, 3.05) is 7.11 Å². The van der Waals surface area contributed by atoms with Crippen LogP contribution in [0.1, 0.15) is 6.92 Å². The SMILES string of the molecule is COC(=O)C1=C(O)C(=O)O[C@H]1C. The van der Waals surface area contributed by atoms with Crippen molar-refractivity contribution in [3.63, 3.8) is 0 Å². The first kappa shape index (κ1) is 8.58. The van der Waals surface area contributed by atoms with Crippen molar-refractivity contribution in [3.8, 4) is 0 Å². The minimum atomic E-state index is -0.886. The van der Waals surface area contributed by atoms with E-state index in [-0.39, 0.29) is 5.57 Å². The summed E-state index contributed by atoms with van der Waals surface area (Å²) in [6.45, 7) is 1.48. The highest BCUT2D eigenvalue weighted by Gasteiger charge is 2.36. The average Bonchev–Trinajstić information content (AvgIpc) is 2.26. The number of cyclic esters (lactones) is 1. The van der Waals surface area contributed by atoms with Gasteiger partial charge in [-0.25, -0.2) is 9.59 Å². The molecule has 1 N–H and O–H groups in total. The molecule has 0 saturated carbocycles. The van der Waals surface area contributed by atoms with Crippen molar-refractivity contribution in [2.24, 2.45) is 0 Å². The predicted octanol–water partition coefficient (Wildman–Crippen LogP) is -0.0832. The zero-order valence-electron chi connectivity index (χ0n) is 6.66. The fourth-order valence-electron chi connectivity index (χ4n) is 0.950. The summed E-state index contributed by atoms with van der Waals surface area (Å²) < 4.78 is 8.88.